The van der Waals surface area contributed by atoms with Gasteiger partial charge in [-0.1, -0.05) is 24.3 Å². The highest BCUT2D eigenvalue weighted by atomic mass is 16.5. The maximum absolute atomic E-state index is 12.7. The van der Waals surface area contributed by atoms with Gasteiger partial charge in [0.2, 0.25) is 0 Å². The molecule has 32 heavy (non-hydrogen) atoms. The smallest absolute Gasteiger partial charge is 0.355 e. The SMILES string of the molecule is COC(=O)C1=C(C(=O)OC)N(c2cc(-c3ccc(OC)cc3)ccc2C(=O)O)C=CC=C1. The summed E-state index contributed by atoms with van der Waals surface area (Å²) in [5, 5.41) is 9.79. The lowest BCUT2D eigenvalue weighted by Crippen LogP contribution is -2.28. The number of carboxylic acids is 1. The Kier molecular flexibility index (Phi) is 6.74. The second-order valence-electron chi connectivity index (χ2n) is 6.58. The van der Waals surface area contributed by atoms with Crippen molar-refractivity contribution in [3.63, 3.8) is 0 Å². The monoisotopic (exact) mass is 435 g/mol. The maximum atomic E-state index is 12.7. The van der Waals surface area contributed by atoms with E-state index < -0.39 is 17.9 Å². The van der Waals surface area contributed by atoms with E-state index in [0.717, 1.165) is 5.56 Å². The van der Waals surface area contributed by atoms with Crippen molar-refractivity contribution in [2.45, 2.75) is 0 Å². The average Bonchev–Trinajstić information content (AvgIpc) is 3.05. The molecule has 0 fully saturated rings. The topological polar surface area (TPSA) is 102 Å². The summed E-state index contributed by atoms with van der Waals surface area (Å²) in [7, 11) is 3.92. The third kappa shape index (κ3) is 4.39. The van der Waals surface area contributed by atoms with Crippen molar-refractivity contribution >= 4 is 23.6 Å². The van der Waals surface area contributed by atoms with E-state index in [-0.39, 0.29) is 22.5 Å². The van der Waals surface area contributed by atoms with Crippen LogP contribution < -0.4 is 9.64 Å². The highest BCUT2D eigenvalue weighted by Crippen LogP contribution is 2.34. The first-order valence-electron chi connectivity index (χ1n) is 9.48. The molecule has 1 N–H and O–H groups in total. The minimum atomic E-state index is -1.20. The van der Waals surface area contributed by atoms with Crippen LogP contribution in [0.15, 0.2) is 78.2 Å². The van der Waals surface area contributed by atoms with E-state index in [9.17, 15) is 19.5 Å². The van der Waals surface area contributed by atoms with Crippen LogP contribution in [-0.4, -0.2) is 44.3 Å². The molecule has 164 valence electrons. The zero-order chi connectivity index (χ0) is 23.3. The van der Waals surface area contributed by atoms with Crippen molar-refractivity contribution < 1.29 is 33.7 Å². The van der Waals surface area contributed by atoms with Crippen LogP contribution in [0.3, 0.4) is 0 Å². The lowest BCUT2D eigenvalue weighted by Gasteiger charge is -2.25. The molecule has 1 aliphatic heterocycles. The van der Waals surface area contributed by atoms with Crippen molar-refractivity contribution in [2.75, 3.05) is 26.2 Å². The number of aromatic carboxylic acids is 1. The molecule has 8 heteroatoms. The van der Waals surface area contributed by atoms with E-state index in [1.807, 2.05) is 12.1 Å². The van der Waals surface area contributed by atoms with Crippen LogP contribution in [0.1, 0.15) is 10.4 Å². The maximum Gasteiger partial charge on any atom is 0.355 e. The molecular weight excluding hydrogens is 414 g/mol. The predicted molar refractivity (Wildman–Crippen MR) is 117 cm³/mol. The van der Waals surface area contributed by atoms with Gasteiger partial charge in [0, 0.05) is 6.20 Å². The number of methoxy groups -OCH3 is 3. The third-order valence-electron chi connectivity index (χ3n) is 4.80. The predicted octanol–water partition coefficient (Wildman–Crippen LogP) is 3.55. The molecule has 0 saturated heterocycles. The Morgan fingerprint density at radius 3 is 2.09 bits per heavy atom. The molecule has 1 aliphatic rings. The highest BCUT2D eigenvalue weighted by molar-refractivity contribution is 6.07. The summed E-state index contributed by atoms with van der Waals surface area (Å²) in [6.45, 7) is 0. The zero-order valence-electron chi connectivity index (χ0n) is 17.7. The van der Waals surface area contributed by atoms with Crippen LogP contribution in [-0.2, 0) is 19.1 Å². The molecule has 0 aromatic heterocycles. The fourth-order valence-electron chi connectivity index (χ4n) is 3.23. The molecule has 0 spiro atoms. The Morgan fingerprint density at radius 1 is 0.844 bits per heavy atom. The highest BCUT2D eigenvalue weighted by Gasteiger charge is 2.29. The molecule has 0 saturated carbocycles. The van der Waals surface area contributed by atoms with Crippen LogP contribution in [0.4, 0.5) is 5.69 Å². The zero-order valence-corrected chi connectivity index (χ0v) is 17.7. The molecule has 0 atom stereocenters. The second kappa shape index (κ2) is 9.65. The van der Waals surface area contributed by atoms with Crippen LogP contribution in [0.5, 0.6) is 5.75 Å². The van der Waals surface area contributed by atoms with E-state index in [2.05, 4.69) is 0 Å². The number of carbonyl (C=O) groups is 3. The van der Waals surface area contributed by atoms with Gasteiger partial charge >= 0.3 is 17.9 Å². The van der Waals surface area contributed by atoms with Crippen molar-refractivity contribution in [3.05, 3.63) is 83.7 Å². The van der Waals surface area contributed by atoms with Crippen LogP contribution in [0, 0.1) is 0 Å². The Hall–Kier alpha value is -4.33. The van der Waals surface area contributed by atoms with Gasteiger partial charge in [0.1, 0.15) is 11.4 Å². The summed E-state index contributed by atoms with van der Waals surface area (Å²) in [5.41, 5.74) is 1.36. The summed E-state index contributed by atoms with van der Waals surface area (Å²) in [5.74, 6) is -2.11. The fraction of sp³-hybridized carbons (Fsp3) is 0.125. The van der Waals surface area contributed by atoms with Crippen molar-refractivity contribution in [3.8, 4) is 16.9 Å². The number of rotatable bonds is 6. The number of benzene rings is 2. The summed E-state index contributed by atoms with van der Waals surface area (Å²) in [4.78, 5) is 38.4. The fourth-order valence-corrected chi connectivity index (χ4v) is 3.23. The molecule has 2 aromatic carbocycles. The molecule has 0 bridgehead atoms. The normalized spacial score (nSPS) is 12.9. The van der Waals surface area contributed by atoms with E-state index in [4.69, 9.17) is 14.2 Å². The standard InChI is InChI=1S/C24H21NO7/c1-30-17-10-7-15(8-11-17)16-9-12-18(22(26)27)20(14-16)25-13-5-4-6-19(23(28)31-2)21(25)24(29)32-3/h4-14H,1-3H3,(H,26,27). The van der Waals surface area contributed by atoms with Crippen molar-refractivity contribution in [1.82, 2.24) is 0 Å². The third-order valence-corrected chi connectivity index (χ3v) is 4.80. The number of esters is 2. The van der Waals surface area contributed by atoms with Crippen molar-refractivity contribution in [1.29, 1.82) is 0 Å². The van der Waals surface area contributed by atoms with Gasteiger partial charge in [-0.2, -0.15) is 0 Å². The van der Waals surface area contributed by atoms with Gasteiger partial charge in [-0.15, -0.1) is 0 Å². The van der Waals surface area contributed by atoms with Gasteiger partial charge in [0.15, 0.2) is 0 Å². The number of anilines is 1. The lowest BCUT2D eigenvalue weighted by atomic mass is 10.0. The summed E-state index contributed by atoms with van der Waals surface area (Å²) in [6, 6.07) is 12.0. The Labute approximate surface area is 184 Å². The number of carboxylic acid groups (broad SMARTS) is 1. The summed E-state index contributed by atoms with van der Waals surface area (Å²) < 4.78 is 14.9. The van der Waals surface area contributed by atoms with Crippen molar-refractivity contribution in [2.24, 2.45) is 0 Å². The van der Waals surface area contributed by atoms with Gasteiger partial charge in [-0.05, 0) is 47.5 Å². The number of hydrogen-bond donors (Lipinski definition) is 1. The molecule has 0 aliphatic carbocycles. The van der Waals surface area contributed by atoms with Crippen LogP contribution >= 0.6 is 0 Å². The van der Waals surface area contributed by atoms with Crippen LogP contribution in [0.25, 0.3) is 11.1 Å². The Bertz CT molecular complexity index is 1140. The molecular formula is C24H21NO7. The lowest BCUT2D eigenvalue weighted by molar-refractivity contribution is -0.139. The number of hydrogen-bond acceptors (Lipinski definition) is 7. The van der Waals surface area contributed by atoms with Gasteiger partial charge in [0.25, 0.3) is 0 Å². The molecule has 1 heterocycles. The second-order valence-corrected chi connectivity index (χ2v) is 6.58. The largest absolute Gasteiger partial charge is 0.497 e. The summed E-state index contributed by atoms with van der Waals surface area (Å²) in [6.07, 6.45) is 6.01. The number of ether oxygens (including phenoxy) is 3. The Morgan fingerprint density at radius 2 is 1.50 bits per heavy atom. The minimum Gasteiger partial charge on any atom is -0.497 e. The number of nitrogens with zero attached hydrogens (tertiary/aromatic N) is 1. The quantitative estimate of drug-likeness (QED) is 0.688. The number of carbonyl (C=O) groups excluding carboxylic acids is 2. The van der Waals surface area contributed by atoms with E-state index >= 15 is 0 Å². The van der Waals surface area contributed by atoms with Crippen LogP contribution in [0.2, 0.25) is 0 Å². The average molecular weight is 435 g/mol. The molecule has 3 rings (SSSR count). The van der Waals surface area contributed by atoms with E-state index in [1.165, 1.54) is 37.5 Å². The first-order chi connectivity index (χ1) is 15.4. The van der Waals surface area contributed by atoms with Gasteiger partial charge < -0.3 is 24.2 Å². The van der Waals surface area contributed by atoms with Gasteiger partial charge in [-0.3, -0.25) is 0 Å². The van der Waals surface area contributed by atoms with Gasteiger partial charge in [0.05, 0.1) is 38.2 Å². The minimum absolute atomic E-state index is 0.0700. The molecule has 8 nitrogen and oxygen atoms in total. The molecule has 0 radical (unpaired) electrons. The van der Waals surface area contributed by atoms with E-state index in [0.29, 0.717) is 11.3 Å². The Balaban J connectivity index is 2.25. The first-order valence-corrected chi connectivity index (χ1v) is 9.48. The molecule has 0 amide bonds. The van der Waals surface area contributed by atoms with Gasteiger partial charge in [-0.25, -0.2) is 14.4 Å². The molecule has 0 unspecified atom stereocenters. The van der Waals surface area contributed by atoms with E-state index in [1.54, 1.807) is 43.5 Å². The summed E-state index contributed by atoms with van der Waals surface area (Å²) >= 11 is 0. The number of allylic oxidation sites excluding steroid dienone is 2. The molecule has 2 aromatic rings. The first kappa shape index (κ1) is 22.4.